The maximum atomic E-state index is 4.90. The Morgan fingerprint density at radius 1 is 1.29 bits per heavy atom. The molecule has 2 saturated heterocycles. The second-order valence-corrected chi connectivity index (χ2v) is 8.61. The number of nitrogens with zero attached hydrogens (tertiary/aromatic N) is 3. The first-order chi connectivity index (χ1) is 10.4. The number of thioether (sulfide) groups is 2. The maximum absolute atomic E-state index is 4.90. The lowest BCUT2D eigenvalue weighted by Crippen LogP contribution is -2.16. The standard InChI is InChI=1S/C16H21N3S2/c1-4-14-16(17-6-1)19(10-13-3-2-7-21-13)15(18-14)9-12-5-8-20-11-12/h1,4,6,12-13H,2-3,5,7-11H2. The zero-order chi connectivity index (χ0) is 14.1. The number of pyridine rings is 1. The van der Waals surface area contributed by atoms with Crippen molar-refractivity contribution in [2.75, 3.05) is 17.3 Å². The Bertz CT molecular complexity index is 613. The molecule has 4 heterocycles. The van der Waals surface area contributed by atoms with Crippen LogP contribution in [0.3, 0.4) is 0 Å². The molecule has 0 radical (unpaired) electrons. The van der Waals surface area contributed by atoms with Crippen molar-refractivity contribution in [1.29, 1.82) is 0 Å². The Morgan fingerprint density at radius 3 is 3.10 bits per heavy atom. The molecule has 3 nitrogen and oxygen atoms in total. The molecule has 4 rings (SSSR count). The number of rotatable bonds is 4. The van der Waals surface area contributed by atoms with Crippen LogP contribution in [-0.2, 0) is 13.0 Å². The molecule has 0 spiro atoms. The minimum atomic E-state index is 0.751. The molecule has 2 aromatic heterocycles. The number of hydrogen-bond donors (Lipinski definition) is 0. The first-order valence-electron chi connectivity index (χ1n) is 7.89. The summed E-state index contributed by atoms with van der Waals surface area (Å²) in [7, 11) is 0. The fraction of sp³-hybridized carbons (Fsp3) is 0.625. The van der Waals surface area contributed by atoms with Crippen LogP contribution >= 0.6 is 23.5 Å². The number of fused-ring (bicyclic) bond motifs is 1. The lowest BCUT2D eigenvalue weighted by molar-refractivity contribution is 0.540. The van der Waals surface area contributed by atoms with Crippen LogP contribution in [0.15, 0.2) is 18.3 Å². The van der Waals surface area contributed by atoms with Gasteiger partial charge in [-0.2, -0.15) is 23.5 Å². The zero-order valence-electron chi connectivity index (χ0n) is 12.2. The van der Waals surface area contributed by atoms with Crippen molar-refractivity contribution < 1.29 is 0 Å². The van der Waals surface area contributed by atoms with Crippen LogP contribution in [0.25, 0.3) is 11.2 Å². The number of aromatic nitrogens is 3. The van der Waals surface area contributed by atoms with Crippen LogP contribution in [-0.4, -0.2) is 37.0 Å². The topological polar surface area (TPSA) is 30.7 Å². The third-order valence-corrected chi connectivity index (χ3v) is 7.10. The van der Waals surface area contributed by atoms with Gasteiger partial charge in [-0.3, -0.25) is 0 Å². The van der Waals surface area contributed by atoms with E-state index >= 15 is 0 Å². The Morgan fingerprint density at radius 2 is 2.29 bits per heavy atom. The predicted octanol–water partition coefficient (Wildman–Crippen LogP) is 3.62. The van der Waals surface area contributed by atoms with E-state index in [9.17, 15) is 0 Å². The summed E-state index contributed by atoms with van der Waals surface area (Å²) in [6, 6.07) is 4.10. The van der Waals surface area contributed by atoms with Crippen molar-refractivity contribution in [3.05, 3.63) is 24.2 Å². The second-order valence-electron chi connectivity index (χ2n) is 6.05. The summed E-state index contributed by atoms with van der Waals surface area (Å²) in [5, 5.41) is 0.751. The van der Waals surface area contributed by atoms with Crippen molar-refractivity contribution in [3.63, 3.8) is 0 Å². The lowest BCUT2D eigenvalue weighted by Gasteiger charge is -2.15. The Hall–Kier alpha value is -0.680. The summed E-state index contributed by atoms with van der Waals surface area (Å²) < 4.78 is 2.42. The maximum Gasteiger partial charge on any atom is 0.160 e. The van der Waals surface area contributed by atoms with Crippen molar-refractivity contribution in [1.82, 2.24) is 14.5 Å². The predicted molar refractivity (Wildman–Crippen MR) is 92.1 cm³/mol. The van der Waals surface area contributed by atoms with Crippen LogP contribution in [0.2, 0.25) is 0 Å². The molecule has 2 aliphatic rings. The molecular formula is C16H21N3S2. The van der Waals surface area contributed by atoms with Crippen LogP contribution in [0, 0.1) is 5.92 Å². The molecule has 0 aliphatic carbocycles. The molecule has 2 aliphatic heterocycles. The Kier molecular flexibility index (Phi) is 4.12. The summed E-state index contributed by atoms with van der Waals surface area (Å²) in [6.45, 7) is 1.09. The van der Waals surface area contributed by atoms with Crippen molar-refractivity contribution in [3.8, 4) is 0 Å². The van der Waals surface area contributed by atoms with Gasteiger partial charge in [0.05, 0.1) is 0 Å². The lowest BCUT2D eigenvalue weighted by atomic mass is 10.1. The van der Waals surface area contributed by atoms with E-state index < -0.39 is 0 Å². The molecule has 2 atom stereocenters. The molecule has 2 aromatic rings. The molecule has 0 amide bonds. The molecule has 5 heteroatoms. The van der Waals surface area contributed by atoms with Crippen LogP contribution in [0.1, 0.15) is 25.1 Å². The highest BCUT2D eigenvalue weighted by Gasteiger charge is 2.23. The van der Waals surface area contributed by atoms with Crippen LogP contribution in [0.4, 0.5) is 0 Å². The monoisotopic (exact) mass is 319 g/mol. The zero-order valence-corrected chi connectivity index (χ0v) is 13.8. The van der Waals surface area contributed by atoms with E-state index in [1.54, 1.807) is 0 Å². The molecule has 112 valence electrons. The first-order valence-corrected chi connectivity index (χ1v) is 10.1. The van der Waals surface area contributed by atoms with Gasteiger partial charge >= 0.3 is 0 Å². The van der Waals surface area contributed by atoms with Gasteiger partial charge in [0.15, 0.2) is 5.65 Å². The molecular weight excluding hydrogens is 298 g/mol. The summed E-state index contributed by atoms with van der Waals surface area (Å²) in [4.78, 5) is 9.50. The van der Waals surface area contributed by atoms with Crippen molar-refractivity contribution >= 4 is 34.7 Å². The van der Waals surface area contributed by atoms with Gasteiger partial charge < -0.3 is 4.57 Å². The summed E-state index contributed by atoms with van der Waals surface area (Å²) in [6.07, 6.45) is 7.08. The van der Waals surface area contributed by atoms with Gasteiger partial charge in [0.2, 0.25) is 0 Å². The average Bonchev–Trinajstić information content (AvgIpc) is 3.23. The van der Waals surface area contributed by atoms with E-state index in [0.29, 0.717) is 0 Å². The summed E-state index contributed by atoms with van der Waals surface area (Å²) >= 11 is 4.21. The third kappa shape index (κ3) is 2.95. The fourth-order valence-corrected chi connectivity index (χ4v) is 5.89. The van der Waals surface area contributed by atoms with E-state index in [1.807, 2.05) is 12.3 Å². The number of imidazole rings is 1. The van der Waals surface area contributed by atoms with Gasteiger partial charge in [-0.25, -0.2) is 9.97 Å². The largest absolute Gasteiger partial charge is 0.312 e. The minimum Gasteiger partial charge on any atom is -0.312 e. The van der Waals surface area contributed by atoms with Gasteiger partial charge in [0.1, 0.15) is 11.3 Å². The first kappa shape index (κ1) is 13.9. The van der Waals surface area contributed by atoms with Crippen LogP contribution < -0.4 is 0 Å². The highest BCUT2D eigenvalue weighted by atomic mass is 32.2. The van der Waals surface area contributed by atoms with Gasteiger partial charge in [0.25, 0.3) is 0 Å². The van der Waals surface area contributed by atoms with E-state index in [2.05, 4.69) is 39.1 Å². The third-order valence-electron chi connectivity index (χ3n) is 4.49. The Balaban J connectivity index is 1.65. The SMILES string of the molecule is c1cnc2c(c1)nc(CC1CCSC1)n2CC1CCCS1. The molecule has 0 bridgehead atoms. The van der Waals surface area contributed by atoms with Gasteiger partial charge in [-0.1, -0.05) is 0 Å². The van der Waals surface area contributed by atoms with Crippen molar-refractivity contribution in [2.45, 2.75) is 37.5 Å². The second kappa shape index (κ2) is 6.21. The molecule has 2 unspecified atom stereocenters. The van der Waals surface area contributed by atoms with E-state index in [1.165, 1.54) is 42.3 Å². The van der Waals surface area contributed by atoms with E-state index in [4.69, 9.17) is 4.98 Å². The normalized spacial score (nSPS) is 25.9. The average molecular weight is 319 g/mol. The highest BCUT2D eigenvalue weighted by Crippen LogP contribution is 2.31. The quantitative estimate of drug-likeness (QED) is 0.861. The highest BCUT2D eigenvalue weighted by molar-refractivity contribution is 8.00. The van der Waals surface area contributed by atoms with E-state index in [0.717, 1.165) is 35.3 Å². The molecule has 21 heavy (non-hydrogen) atoms. The smallest absolute Gasteiger partial charge is 0.160 e. The fourth-order valence-electron chi connectivity index (χ4n) is 3.35. The van der Waals surface area contributed by atoms with Crippen LogP contribution in [0.5, 0.6) is 0 Å². The summed E-state index contributed by atoms with van der Waals surface area (Å²) in [5.41, 5.74) is 2.16. The van der Waals surface area contributed by atoms with E-state index in [-0.39, 0.29) is 0 Å². The molecule has 2 fully saturated rings. The molecule has 0 aromatic carbocycles. The summed E-state index contributed by atoms with van der Waals surface area (Å²) in [5.74, 6) is 6.01. The molecule has 0 N–H and O–H groups in total. The molecule has 0 saturated carbocycles. The Labute approximate surface area is 134 Å². The number of hydrogen-bond acceptors (Lipinski definition) is 4. The minimum absolute atomic E-state index is 0.751. The van der Waals surface area contributed by atoms with Gasteiger partial charge in [-0.15, -0.1) is 0 Å². The van der Waals surface area contributed by atoms with Gasteiger partial charge in [0, 0.05) is 24.4 Å². The van der Waals surface area contributed by atoms with Crippen molar-refractivity contribution in [2.24, 2.45) is 5.92 Å². The van der Waals surface area contributed by atoms with Gasteiger partial charge in [-0.05, 0) is 54.6 Å².